The maximum Gasteiger partial charge on any atom is 0.128 e. The van der Waals surface area contributed by atoms with Crippen LogP contribution in [0.3, 0.4) is 0 Å². The monoisotopic (exact) mass is 260 g/mol. The molecule has 0 atom stereocenters. The van der Waals surface area contributed by atoms with Crippen LogP contribution in [0.2, 0.25) is 0 Å². The van der Waals surface area contributed by atoms with Crippen LogP contribution in [0, 0.1) is 5.82 Å². The molecule has 0 unspecified atom stereocenters. The second kappa shape index (κ2) is 6.85. The second-order valence-electron chi connectivity index (χ2n) is 4.16. The van der Waals surface area contributed by atoms with Gasteiger partial charge in [0.25, 0.3) is 0 Å². The summed E-state index contributed by atoms with van der Waals surface area (Å²) in [5.41, 5.74) is 1.59. The molecule has 3 nitrogen and oxygen atoms in total. The predicted molar refractivity (Wildman–Crippen MR) is 73.3 cm³/mol. The van der Waals surface area contributed by atoms with Gasteiger partial charge in [-0.05, 0) is 30.7 Å². The highest BCUT2D eigenvalue weighted by atomic mass is 19.1. The van der Waals surface area contributed by atoms with E-state index in [1.54, 1.807) is 24.4 Å². The first-order valence-electron chi connectivity index (χ1n) is 6.29. The standard InChI is InChI=1S/C15H17FN2O/c1-2-17-15-9-12(7-8-18-15)10-19-11-13-5-3-4-6-14(13)16/h3-9H,2,10-11H2,1H3,(H,17,18). The maximum atomic E-state index is 13.4. The average Bonchev–Trinajstić information content (AvgIpc) is 2.42. The Hall–Kier alpha value is -1.94. The molecule has 0 aliphatic rings. The third-order valence-electron chi connectivity index (χ3n) is 2.67. The van der Waals surface area contributed by atoms with Gasteiger partial charge in [-0.25, -0.2) is 9.37 Å². The number of benzene rings is 1. The van der Waals surface area contributed by atoms with Gasteiger partial charge in [-0.2, -0.15) is 0 Å². The fourth-order valence-electron chi connectivity index (χ4n) is 1.74. The number of anilines is 1. The zero-order valence-electron chi connectivity index (χ0n) is 10.9. The van der Waals surface area contributed by atoms with Crippen molar-refractivity contribution in [2.45, 2.75) is 20.1 Å². The average molecular weight is 260 g/mol. The smallest absolute Gasteiger partial charge is 0.128 e. The molecule has 4 heteroatoms. The van der Waals surface area contributed by atoms with E-state index < -0.39 is 0 Å². The molecule has 0 aliphatic carbocycles. The fraction of sp³-hybridized carbons (Fsp3) is 0.267. The van der Waals surface area contributed by atoms with Crippen molar-refractivity contribution in [3.8, 4) is 0 Å². The Morgan fingerprint density at radius 2 is 2.05 bits per heavy atom. The molecule has 1 aromatic carbocycles. The minimum absolute atomic E-state index is 0.231. The van der Waals surface area contributed by atoms with Crippen LogP contribution in [-0.4, -0.2) is 11.5 Å². The first kappa shape index (κ1) is 13.5. The molecular weight excluding hydrogens is 243 g/mol. The number of nitrogens with one attached hydrogen (secondary N) is 1. The van der Waals surface area contributed by atoms with E-state index in [1.807, 2.05) is 19.1 Å². The highest BCUT2D eigenvalue weighted by Crippen LogP contribution is 2.11. The van der Waals surface area contributed by atoms with Crippen molar-refractivity contribution >= 4 is 5.82 Å². The lowest BCUT2D eigenvalue weighted by Gasteiger charge is -2.07. The summed E-state index contributed by atoms with van der Waals surface area (Å²) in [5.74, 6) is 0.597. The summed E-state index contributed by atoms with van der Waals surface area (Å²) in [6.07, 6.45) is 1.74. The Kier molecular flexibility index (Phi) is 4.86. The number of rotatable bonds is 6. The minimum Gasteiger partial charge on any atom is -0.372 e. The van der Waals surface area contributed by atoms with E-state index in [0.29, 0.717) is 12.2 Å². The Morgan fingerprint density at radius 3 is 2.84 bits per heavy atom. The van der Waals surface area contributed by atoms with E-state index in [1.165, 1.54) is 6.07 Å². The van der Waals surface area contributed by atoms with Crippen LogP contribution in [0.4, 0.5) is 10.2 Å². The van der Waals surface area contributed by atoms with Gasteiger partial charge >= 0.3 is 0 Å². The van der Waals surface area contributed by atoms with Crippen molar-refractivity contribution in [2.24, 2.45) is 0 Å². The van der Waals surface area contributed by atoms with E-state index in [0.717, 1.165) is 17.9 Å². The lowest BCUT2D eigenvalue weighted by atomic mass is 10.2. The van der Waals surface area contributed by atoms with E-state index in [2.05, 4.69) is 10.3 Å². The van der Waals surface area contributed by atoms with Crippen molar-refractivity contribution in [1.29, 1.82) is 0 Å². The Morgan fingerprint density at radius 1 is 1.21 bits per heavy atom. The van der Waals surface area contributed by atoms with E-state index in [9.17, 15) is 4.39 Å². The zero-order valence-corrected chi connectivity index (χ0v) is 10.9. The molecule has 0 aliphatic heterocycles. The van der Waals surface area contributed by atoms with Crippen LogP contribution in [-0.2, 0) is 18.0 Å². The van der Waals surface area contributed by atoms with Gasteiger partial charge in [0.15, 0.2) is 0 Å². The van der Waals surface area contributed by atoms with E-state index in [-0.39, 0.29) is 12.4 Å². The highest BCUT2D eigenvalue weighted by molar-refractivity contribution is 5.36. The molecule has 0 amide bonds. The van der Waals surface area contributed by atoms with Crippen LogP contribution >= 0.6 is 0 Å². The second-order valence-corrected chi connectivity index (χ2v) is 4.16. The number of halogens is 1. The van der Waals surface area contributed by atoms with Gasteiger partial charge in [0.05, 0.1) is 13.2 Å². The van der Waals surface area contributed by atoms with Crippen molar-refractivity contribution in [1.82, 2.24) is 4.98 Å². The number of hydrogen-bond donors (Lipinski definition) is 1. The number of nitrogens with zero attached hydrogens (tertiary/aromatic N) is 1. The lowest BCUT2D eigenvalue weighted by Crippen LogP contribution is -2.01. The first-order valence-corrected chi connectivity index (χ1v) is 6.29. The van der Waals surface area contributed by atoms with E-state index >= 15 is 0 Å². The molecule has 2 rings (SSSR count). The van der Waals surface area contributed by atoms with Gasteiger partial charge < -0.3 is 10.1 Å². The largest absolute Gasteiger partial charge is 0.372 e. The summed E-state index contributed by atoms with van der Waals surface area (Å²) in [5, 5.41) is 3.14. The van der Waals surface area contributed by atoms with Crippen molar-refractivity contribution in [3.63, 3.8) is 0 Å². The van der Waals surface area contributed by atoms with Crippen LogP contribution < -0.4 is 5.32 Å². The Labute approximate surface area is 112 Å². The Bertz CT molecular complexity index is 531. The predicted octanol–water partition coefficient (Wildman–Crippen LogP) is 3.37. The maximum absolute atomic E-state index is 13.4. The molecule has 1 aromatic heterocycles. The Balaban J connectivity index is 1.89. The first-order chi connectivity index (χ1) is 9.29. The lowest BCUT2D eigenvalue weighted by molar-refractivity contribution is 0.105. The molecule has 2 aromatic rings. The number of pyridine rings is 1. The summed E-state index contributed by atoms with van der Waals surface area (Å²) >= 11 is 0. The third-order valence-corrected chi connectivity index (χ3v) is 2.67. The molecule has 0 fully saturated rings. The summed E-state index contributed by atoms with van der Waals surface area (Å²) in [6.45, 7) is 3.55. The van der Waals surface area contributed by atoms with Crippen molar-refractivity contribution in [3.05, 3.63) is 59.5 Å². The quantitative estimate of drug-likeness (QED) is 0.864. The van der Waals surface area contributed by atoms with E-state index in [4.69, 9.17) is 4.74 Å². The summed E-state index contributed by atoms with van der Waals surface area (Å²) in [7, 11) is 0. The number of hydrogen-bond acceptors (Lipinski definition) is 3. The molecule has 0 saturated carbocycles. The molecule has 0 spiro atoms. The van der Waals surface area contributed by atoms with Crippen LogP contribution in [0.15, 0.2) is 42.6 Å². The van der Waals surface area contributed by atoms with Crippen LogP contribution in [0.5, 0.6) is 0 Å². The number of aromatic nitrogens is 1. The zero-order chi connectivity index (χ0) is 13.5. The third kappa shape index (κ3) is 4.03. The normalized spacial score (nSPS) is 10.4. The molecule has 19 heavy (non-hydrogen) atoms. The molecular formula is C15H17FN2O. The van der Waals surface area contributed by atoms with Crippen LogP contribution in [0.25, 0.3) is 0 Å². The van der Waals surface area contributed by atoms with Gasteiger partial charge in [-0.3, -0.25) is 0 Å². The van der Waals surface area contributed by atoms with Gasteiger partial charge in [0, 0.05) is 18.3 Å². The number of ether oxygens (including phenoxy) is 1. The summed E-state index contributed by atoms with van der Waals surface area (Å²) in [4.78, 5) is 4.18. The summed E-state index contributed by atoms with van der Waals surface area (Å²) in [6, 6.07) is 10.5. The molecule has 0 radical (unpaired) electrons. The highest BCUT2D eigenvalue weighted by Gasteiger charge is 2.01. The molecule has 1 N–H and O–H groups in total. The van der Waals surface area contributed by atoms with Gasteiger partial charge in [0.2, 0.25) is 0 Å². The van der Waals surface area contributed by atoms with Gasteiger partial charge in [-0.15, -0.1) is 0 Å². The van der Waals surface area contributed by atoms with Crippen molar-refractivity contribution < 1.29 is 9.13 Å². The topological polar surface area (TPSA) is 34.1 Å². The molecule has 0 bridgehead atoms. The fourth-order valence-corrected chi connectivity index (χ4v) is 1.74. The SMILES string of the molecule is CCNc1cc(COCc2ccccc2F)ccn1. The molecule has 0 saturated heterocycles. The van der Waals surface area contributed by atoms with Crippen LogP contribution in [0.1, 0.15) is 18.1 Å². The molecule has 1 heterocycles. The van der Waals surface area contributed by atoms with Crippen molar-refractivity contribution in [2.75, 3.05) is 11.9 Å². The van der Waals surface area contributed by atoms with Gasteiger partial charge in [0.1, 0.15) is 11.6 Å². The minimum atomic E-state index is -0.231. The molecule has 100 valence electrons. The summed E-state index contributed by atoms with van der Waals surface area (Å²) < 4.78 is 18.9. The van der Waals surface area contributed by atoms with Gasteiger partial charge in [-0.1, -0.05) is 18.2 Å².